The Hall–Kier alpha value is -0.350. The molecule has 0 aromatic carbocycles. The zero-order chi connectivity index (χ0) is 13.0. The van der Waals surface area contributed by atoms with Gasteiger partial charge < -0.3 is 15.0 Å². The topological polar surface area (TPSA) is 24.5 Å². The van der Waals surface area contributed by atoms with Crippen molar-refractivity contribution in [3.05, 3.63) is 0 Å². The van der Waals surface area contributed by atoms with Gasteiger partial charge in [0, 0.05) is 25.7 Å². The van der Waals surface area contributed by atoms with Crippen LogP contribution in [-0.2, 0) is 4.74 Å². The summed E-state index contributed by atoms with van der Waals surface area (Å²) in [6.45, 7) is 3.96. The lowest BCUT2D eigenvalue weighted by Gasteiger charge is -2.32. The molecule has 1 saturated heterocycles. The second kappa shape index (κ2) is 6.71. The van der Waals surface area contributed by atoms with Crippen molar-refractivity contribution in [1.29, 1.82) is 0 Å². The van der Waals surface area contributed by atoms with E-state index in [0.29, 0.717) is 18.7 Å². The number of nitrogens with zero attached hydrogens (tertiary/aromatic N) is 1. The summed E-state index contributed by atoms with van der Waals surface area (Å²) in [7, 11) is 1.73. The van der Waals surface area contributed by atoms with Gasteiger partial charge in [-0.15, -0.1) is 0 Å². The van der Waals surface area contributed by atoms with Crippen molar-refractivity contribution in [2.45, 2.75) is 57.5 Å². The summed E-state index contributed by atoms with van der Waals surface area (Å²) in [5.74, 6) is 0.880. The normalized spacial score (nSPS) is 26.6. The van der Waals surface area contributed by atoms with Gasteiger partial charge in [-0.2, -0.15) is 0 Å². The van der Waals surface area contributed by atoms with Gasteiger partial charge in [-0.1, -0.05) is 12.8 Å². The molecule has 2 atom stereocenters. The smallest absolute Gasteiger partial charge is 0.169 e. The number of likely N-dealkylation sites (tertiary alicyclic amines) is 1. The Bertz CT molecular complexity index is 279. The summed E-state index contributed by atoms with van der Waals surface area (Å²) in [4.78, 5) is 2.44. The Morgan fingerprint density at radius 1 is 1.33 bits per heavy atom. The first-order valence-electron chi connectivity index (χ1n) is 7.28. The van der Waals surface area contributed by atoms with Crippen molar-refractivity contribution >= 4 is 17.3 Å². The van der Waals surface area contributed by atoms with Crippen LogP contribution in [0.15, 0.2) is 0 Å². The average Bonchev–Trinajstić information content (AvgIpc) is 3.00. The molecule has 18 heavy (non-hydrogen) atoms. The van der Waals surface area contributed by atoms with E-state index < -0.39 is 0 Å². The van der Waals surface area contributed by atoms with Crippen LogP contribution in [0.5, 0.6) is 0 Å². The molecule has 0 aromatic rings. The van der Waals surface area contributed by atoms with Crippen molar-refractivity contribution in [2.24, 2.45) is 5.92 Å². The molecule has 1 aliphatic carbocycles. The highest BCUT2D eigenvalue weighted by molar-refractivity contribution is 7.80. The van der Waals surface area contributed by atoms with Gasteiger partial charge in [0.2, 0.25) is 0 Å². The van der Waals surface area contributed by atoms with Crippen LogP contribution >= 0.6 is 12.2 Å². The lowest BCUT2D eigenvalue weighted by Crippen LogP contribution is -2.48. The summed E-state index contributed by atoms with van der Waals surface area (Å²) in [5, 5.41) is 4.35. The molecule has 2 fully saturated rings. The van der Waals surface area contributed by atoms with Crippen molar-refractivity contribution < 1.29 is 4.74 Å². The molecule has 104 valence electrons. The van der Waals surface area contributed by atoms with Gasteiger partial charge in [0.25, 0.3) is 0 Å². The van der Waals surface area contributed by atoms with Gasteiger partial charge >= 0.3 is 0 Å². The molecule has 0 radical (unpaired) electrons. The van der Waals surface area contributed by atoms with Crippen molar-refractivity contribution in [3.63, 3.8) is 0 Å². The van der Waals surface area contributed by atoms with E-state index in [4.69, 9.17) is 17.0 Å². The molecule has 4 heteroatoms. The fourth-order valence-electron chi connectivity index (χ4n) is 3.46. The third kappa shape index (κ3) is 3.35. The van der Waals surface area contributed by atoms with E-state index in [9.17, 15) is 0 Å². The molecular weight excluding hydrogens is 244 g/mol. The molecule has 1 N–H and O–H groups in total. The fourth-order valence-corrected chi connectivity index (χ4v) is 3.89. The summed E-state index contributed by atoms with van der Waals surface area (Å²) < 4.78 is 5.15. The zero-order valence-electron chi connectivity index (χ0n) is 11.7. The molecule has 0 aromatic heterocycles. The number of rotatable bonds is 4. The van der Waals surface area contributed by atoms with Crippen LogP contribution in [0.3, 0.4) is 0 Å². The van der Waals surface area contributed by atoms with E-state index >= 15 is 0 Å². The largest absolute Gasteiger partial charge is 0.383 e. The average molecular weight is 270 g/mol. The molecule has 2 rings (SSSR count). The van der Waals surface area contributed by atoms with E-state index in [2.05, 4.69) is 17.1 Å². The SMILES string of the molecule is COCC(C)NC(=S)N1CCCC1C1CCCC1. The minimum Gasteiger partial charge on any atom is -0.383 e. The number of hydrogen-bond acceptors (Lipinski definition) is 2. The van der Waals surface area contributed by atoms with Crippen molar-refractivity contribution in [1.82, 2.24) is 10.2 Å². The van der Waals surface area contributed by atoms with Crippen LogP contribution in [-0.4, -0.2) is 42.4 Å². The highest BCUT2D eigenvalue weighted by atomic mass is 32.1. The van der Waals surface area contributed by atoms with Crippen molar-refractivity contribution in [3.8, 4) is 0 Å². The lowest BCUT2D eigenvalue weighted by atomic mass is 9.96. The first-order chi connectivity index (χ1) is 8.72. The predicted octanol–water partition coefficient (Wildman–Crippen LogP) is 2.55. The minimum atomic E-state index is 0.298. The second-order valence-electron chi connectivity index (χ2n) is 5.75. The quantitative estimate of drug-likeness (QED) is 0.794. The Labute approximate surface area is 116 Å². The van der Waals surface area contributed by atoms with Gasteiger partial charge in [0.05, 0.1) is 6.61 Å². The number of methoxy groups -OCH3 is 1. The summed E-state index contributed by atoms with van der Waals surface area (Å²) in [6.07, 6.45) is 8.24. The van der Waals surface area contributed by atoms with E-state index in [-0.39, 0.29) is 0 Å². The summed E-state index contributed by atoms with van der Waals surface area (Å²) in [6, 6.07) is 0.995. The summed E-state index contributed by atoms with van der Waals surface area (Å²) >= 11 is 5.58. The Morgan fingerprint density at radius 3 is 2.72 bits per heavy atom. The van der Waals surface area contributed by atoms with Crippen LogP contribution in [0.1, 0.15) is 45.4 Å². The highest BCUT2D eigenvalue weighted by Gasteiger charge is 2.34. The van der Waals surface area contributed by atoms with Gasteiger partial charge in [-0.05, 0) is 50.7 Å². The van der Waals surface area contributed by atoms with E-state index in [1.807, 2.05) is 0 Å². The minimum absolute atomic E-state index is 0.298. The Kier molecular flexibility index (Phi) is 5.25. The third-order valence-corrected chi connectivity index (χ3v) is 4.64. The number of hydrogen-bond donors (Lipinski definition) is 1. The first kappa shape index (κ1) is 14.1. The van der Waals surface area contributed by atoms with Crippen LogP contribution < -0.4 is 5.32 Å². The molecule has 0 bridgehead atoms. The second-order valence-corrected chi connectivity index (χ2v) is 6.14. The van der Waals surface area contributed by atoms with E-state index in [1.165, 1.54) is 38.5 Å². The van der Waals surface area contributed by atoms with Crippen LogP contribution in [0.2, 0.25) is 0 Å². The molecule has 2 aliphatic rings. The first-order valence-corrected chi connectivity index (χ1v) is 7.69. The standard InChI is InChI=1S/C14H26N2OS/c1-11(10-17-2)15-14(18)16-9-5-8-13(16)12-6-3-4-7-12/h11-13H,3-10H2,1-2H3,(H,15,18). The molecule has 0 amide bonds. The van der Waals surface area contributed by atoms with Gasteiger partial charge in [-0.25, -0.2) is 0 Å². The fraction of sp³-hybridized carbons (Fsp3) is 0.929. The van der Waals surface area contributed by atoms with Crippen LogP contribution in [0.4, 0.5) is 0 Å². The molecule has 1 saturated carbocycles. The number of thiocarbonyl (C=S) groups is 1. The third-order valence-electron chi connectivity index (χ3n) is 4.29. The molecule has 1 heterocycles. The van der Waals surface area contributed by atoms with Gasteiger partial charge in [0.15, 0.2) is 5.11 Å². The molecule has 3 nitrogen and oxygen atoms in total. The van der Waals surface area contributed by atoms with Gasteiger partial charge in [-0.3, -0.25) is 0 Å². The van der Waals surface area contributed by atoms with Crippen LogP contribution in [0.25, 0.3) is 0 Å². The monoisotopic (exact) mass is 270 g/mol. The number of nitrogens with one attached hydrogen (secondary N) is 1. The molecule has 2 unspecified atom stereocenters. The Balaban J connectivity index is 1.87. The molecule has 0 spiro atoms. The zero-order valence-corrected chi connectivity index (χ0v) is 12.5. The van der Waals surface area contributed by atoms with Crippen LogP contribution in [0, 0.1) is 5.92 Å². The van der Waals surface area contributed by atoms with E-state index in [0.717, 1.165) is 17.6 Å². The maximum absolute atomic E-state index is 5.58. The molecular formula is C14H26N2OS. The van der Waals surface area contributed by atoms with E-state index in [1.54, 1.807) is 7.11 Å². The lowest BCUT2D eigenvalue weighted by molar-refractivity contribution is 0.176. The maximum Gasteiger partial charge on any atom is 0.169 e. The number of ether oxygens (including phenoxy) is 1. The van der Waals surface area contributed by atoms with Crippen molar-refractivity contribution in [2.75, 3.05) is 20.3 Å². The van der Waals surface area contributed by atoms with Gasteiger partial charge in [0.1, 0.15) is 0 Å². The predicted molar refractivity (Wildman–Crippen MR) is 78.8 cm³/mol. The Morgan fingerprint density at radius 2 is 2.06 bits per heavy atom. The highest BCUT2D eigenvalue weighted by Crippen LogP contribution is 2.35. The molecule has 1 aliphatic heterocycles. The summed E-state index contributed by atoms with van der Waals surface area (Å²) in [5.41, 5.74) is 0. The maximum atomic E-state index is 5.58.